The average Bonchev–Trinajstić information content (AvgIpc) is 2.62. The van der Waals surface area contributed by atoms with E-state index in [9.17, 15) is 22.4 Å². The highest BCUT2D eigenvalue weighted by molar-refractivity contribution is 6.04. The highest BCUT2D eigenvalue weighted by Gasteiger charge is 2.33. The van der Waals surface area contributed by atoms with Crippen molar-refractivity contribution in [1.82, 2.24) is 10.3 Å². The Morgan fingerprint density at radius 2 is 2.08 bits per heavy atom. The molecule has 9 heteroatoms. The molecule has 2 heterocycles. The summed E-state index contributed by atoms with van der Waals surface area (Å²) in [4.78, 5) is 15.3. The van der Waals surface area contributed by atoms with Gasteiger partial charge in [-0.2, -0.15) is 13.2 Å². The first-order chi connectivity index (χ1) is 12.3. The quantitative estimate of drug-likeness (QED) is 0.816. The van der Waals surface area contributed by atoms with E-state index in [1.807, 2.05) is 0 Å². The lowest BCUT2D eigenvalue weighted by molar-refractivity contribution is -0.141. The number of ether oxygens (including phenoxy) is 1. The second-order valence-electron chi connectivity index (χ2n) is 5.68. The van der Waals surface area contributed by atoms with Crippen LogP contribution in [0.25, 0.3) is 0 Å². The molecule has 1 aromatic carbocycles. The molecule has 0 unspecified atom stereocenters. The first kappa shape index (κ1) is 18.3. The summed E-state index contributed by atoms with van der Waals surface area (Å²) >= 11 is 0. The maximum absolute atomic E-state index is 14.3. The van der Waals surface area contributed by atoms with E-state index < -0.39 is 29.7 Å². The molecular formula is C17H15F4N3O2. The Morgan fingerprint density at radius 3 is 2.73 bits per heavy atom. The standard InChI is InChI=1S/C17H15F4N3O2/c18-13-8-11(1-2-12(13)14-9-22-5-6-26-14)24-16(25)10-3-4-23-15(7-10)17(19,20)21/h1-4,7-8,14,22H,5-6,9H2,(H,24,25)/t14-/m1/s1. The number of aromatic nitrogens is 1. The summed E-state index contributed by atoms with van der Waals surface area (Å²) in [6, 6.07) is 5.85. The Kier molecular flexibility index (Phi) is 5.19. The van der Waals surface area contributed by atoms with Crippen molar-refractivity contribution in [2.24, 2.45) is 0 Å². The summed E-state index contributed by atoms with van der Waals surface area (Å²) < 4.78 is 57.8. The molecule has 0 spiro atoms. The molecule has 5 nitrogen and oxygen atoms in total. The van der Waals surface area contributed by atoms with Crippen LogP contribution in [0.15, 0.2) is 36.5 Å². The van der Waals surface area contributed by atoms with Gasteiger partial charge in [0.1, 0.15) is 11.5 Å². The van der Waals surface area contributed by atoms with Crippen LogP contribution in [0.5, 0.6) is 0 Å². The molecule has 1 amide bonds. The molecule has 0 radical (unpaired) electrons. The van der Waals surface area contributed by atoms with Crippen LogP contribution in [0.2, 0.25) is 0 Å². The molecule has 2 N–H and O–H groups in total. The molecule has 2 aromatic rings. The molecule has 0 bridgehead atoms. The minimum atomic E-state index is -4.65. The van der Waals surface area contributed by atoms with E-state index in [-0.39, 0.29) is 11.3 Å². The smallest absolute Gasteiger partial charge is 0.371 e. The Balaban J connectivity index is 1.74. The highest BCUT2D eigenvalue weighted by atomic mass is 19.4. The first-order valence-corrected chi connectivity index (χ1v) is 7.81. The van der Waals surface area contributed by atoms with Gasteiger partial charge in [-0.3, -0.25) is 9.78 Å². The third kappa shape index (κ3) is 4.17. The number of anilines is 1. The molecular weight excluding hydrogens is 354 g/mol. The number of hydrogen-bond donors (Lipinski definition) is 2. The Morgan fingerprint density at radius 1 is 1.27 bits per heavy atom. The molecule has 1 aliphatic rings. The van der Waals surface area contributed by atoms with Gasteiger partial charge >= 0.3 is 6.18 Å². The summed E-state index contributed by atoms with van der Waals surface area (Å²) in [6.45, 7) is 1.63. The van der Waals surface area contributed by atoms with E-state index in [1.54, 1.807) is 0 Å². The van der Waals surface area contributed by atoms with Crippen molar-refractivity contribution in [2.45, 2.75) is 12.3 Å². The number of carbonyl (C=O) groups is 1. The van der Waals surface area contributed by atoms with Gasteiger partial charge < -0.3 is 15.4 Å². The molecule has 1 atom stereocenters. The van der Waals surface area contributed by atoms with Gasteiger partial charge in [-0.15, -0.1) is 0 Å². The van der Waals surface area contributed by atoms with Crippen molar-refractivity contribution in [1.29, 1.82) is 0 Å². The van der Waals surface area contributed by atoms with E-state index in [0.29, 0.717) is 31.3 Å². The maximum Gasteiger partial charge on any atom is 0.433 e. The van der Waals surface area contributed by atoms with Crippen molar-refractivity contribution in [3.63, 3.8) is 0 Å². The fraction of sp³-hybridized carbons (Fsp3) is 0.294. The van der Waals surface area contributed by atoms with Gasteiger partial charge in [-0.1, -0.05) is 6.07 Å². The molecule has 3 rings (SSSR count). The van der Waals surface area contributed by atoms with Crippen molar-refractivity contribution >= 4 is 11.6 Å². The highest BCUT2D eigenvalue weighted by Crippen LogP contribution is 2.28. The number of nitrogens with zero attached hydrogens (tertiary/aromatic N) is 1. The number of carbonyl (C=O) groups excluding carboxylic acids is 1. The second kappa shape index (κ2) is 7.38. The van der Waals surface area contributed by atoms with Crippen molar-refractivity contribution in [3.05, 3.63) is 59.2 Å². The predicted molar refractivity (Wildman–Crippen MR) is 85.2 cm³/mol. The summed E-state index contributed by atoms with van der Waals surface area (Å²) in [5.74, 6) is -1.36. The van der Waals surface area contributed by atoms with Crippen LogP contribution in [0, 0.1) is 5.82 Å². The summed E-state index contributed by atoms with van der Waals surface area (Å²) in [5, 5.41) is 5.46. The molecule has 26 heavy (non-hydrogen) atoms. The number of rotatable bonds is 3. The lowest BCUT2D eigenvalue weighted by Crippen LogP contribution is -2.33. The number of halogens is 4. The average molecular weight is 369 g/mol. The van der Waals surface area contributed by atoms with Crippen molar-refractivity contribution < 1.29 is 27.1 Å². The van der Waals surface area contributed by atoms with E-state index in [1.165, 1.54) is 12.1 Å². The minimum Gasteiger partial charge on any atom is -0.371 e. The van der Waals surface area contributed by atoms with Crippen LogP contribution in [-0.2, 0) is 10.9 Å². The lowest BCUT2D eigenvalue weighted by atomic mass is 10.1. The molecule has 1 aliphatic heterocycles. The number of pyridine rings is 1. The zero-order chi connectivity index (χ0) is 18.7. The zero-order valence-electron chi connectivity index (χ0n) is 13.4. The lowest BCUT2D eigenvalue weighted by Gasteiger charge is -2.24. The van der Waals surface area contributed by atoms with Crippen LogP contribution in [0.4, 0.5) is 23.2 Å². The van der Waals surface area contributed by atoms with Gasteiger partial charge in [-0.05, 0) is 24.3 Å². The normalized spacial score (nSPS) is 17.8. The number of benzene rings is 1. The zero-order valence-corrected chi connectivity index (χ0v) is 13.4. The predicted octanol–water partition coefficient (Wildman–Crippen LogP) is 3.15. The molecule has 0 aliphatic carbocycles. The Hall–Kier alpha value is -2.52. The monoisotopic (exact) mass is 369 g/mol. The van der Waals surface area contributed by atoms with E-state index >= 15 is 0 Å². The van der Waals surface area contributed by atoms with Crippen LogP contribution in [-0.4, -0.2) is 30.6 Å². The number of nitrogens with one attached hydrogen (secondary N) is 2. The van der Waals surface area contributed by atoms with Gasteiger partial charge in [0, 0.05) is 36.1 Å². The molecule has 1 saturated heterocycles. The van der Waals surface area contributed by atoms with Gasteiger partial charge in [0.25, 0.3) is 5.91 Å². The maximum atomic E-state index is 14.3. The SMILES string of the molecule is O=C(Nc1ccc([C@H]2CNCCO2)c(F)c1)c1ccnc(C(F)(F)F)c1. The molecule has 1 aromatic heterocycles. The Bertz CT molecular complexity index is 805. The molecule has 138 valence electrons. The van der Waals surface area contributed by atoms with E-state index in [0.717, 1.165) is 18.3 Å². The van der Waals surface area contributed by atoms with Crippen LogP contribution in [0.1, 0.15) is 27.7 Å². The summed E-state index contributed by atoms with van der Waals surface area (Å²) in [7, 11) is 0. The van der Waals surface area contributed by atoms with Gasteiger partial charge in [0.2, 0.25) is 0 Å². The van der Waals surface area contributed by atoms with E-state index in [2.05, 4.69) is 15.6 Å². The fourth-order valence-electron chi connectivity index (χ4n) is 2.56. The van der Waals surface area contributed by atoms with Crippen molar-refractivity contribution in [2.75, 3.05) is 25.0 Å². The number of morpholine rings is 1. The van der Waals surface area contributed by atoms with Gasteiger partial charge in [0.15, 0.2) is 0 Å². The van der Waals surface area contributed by atoms with Crippen LogP contribution < -0.4 is 10.6 Å². The Labute approximate surface area is 146 Å². The minimum absolute atomic E-state index is 0.130. The number of alkyl halides is 3. The van der Waals surface area contributed by atoms with E-state index in [4.69, 9.17) is 4.74 Å². The van der Waals surface area contributed by atoms with Gasteiger partial charge in [0.05, 0.1) is 12.7 Å². The summed E-state index contributed by atoms with van der Waals surface area (Å²) in [5.41, 5.74) is -0.922. The first-order valence-electron chi connectivity index (χ1n) is 7.81. The third-order valence-corrected chi connectivity index (χ3v) is 3.85. The van der Waals surface area contributed by atoms with Crippen LogP contribution in [0.3, 0.4) is 0 Å². The number of amides is 1. The fourth-order valence-corrected chi connectivity index (χ4v) is 2.56. The second-order valence-corrected chi connectivity index (χ2v) is 5.68. The third-order valence-electron chi connectivity index (χ3n) is 3.85. The van der Waals surface area contributed by atoms with Crippen LogP contribution >= 0.6 is 0 Å². The topological polar surface area (TPSA) is 63.2 Å². The molecule has 0 saturated carbocycles. The van der Waals surface area contributed by atoms with Gasteiger partial charge in [-0.25, -0.2) is 4.39 Å². The number of hydrogen-bond acceptors (Lipinski definition) is 4. The molecule has 1 fully saturated rings. The largest absolute Gasteiger partial charge is 0.433 e. The summed E-state index contributed by atoms with van der Waals surface area (Å²) in [6.07, 6.45) is -4.18. The van der Waals surface area contributed by atoms with Crippen molar-refractivity contribution in [3.8, 4) is 0 Å².